The van der Waals surface area contributed by atoms with Crippen LogP contribution >= 0.6 is 11.6 Å². The Balaban J connectivity index is 1.88. The molecule has 2 aromatic carbocycles. The van der Waals surface area contributed by atoms with Crippen molar-refractivity contribution in [3.63, 3.8) is 0 Å². The van der Waals surface area contributed by atoms with E-state index in [-0.39, 0.29) is 24.6 Å². The van der Waals surface area contributed by atoms with Gasteiger partial charge in [-0.3, -0.25) is 4.79 Å². The minimum absolute atomic E-state index is 0.0714. The molecule has 1 aliphatic rings. The predicted octanol–water partition coefficient (Wildman–Crippen LogP) is 3.37. The molecule has 0 saturated heterocycles. The van der Waals surface area contributed by atoms with Crippen molar-refractivity contribution in [1.82, 2.24) is 5.32 Å². The summed E-state index contributed by atoms with van der Waals surface area (Å²) in [5.74, 6) is 0.623. The first-order valence-electron chi connectivity index (χ1n) is 8.99. The quantitative estimate of drug-likeness (QED) is 0.743. The first-order valence-corrected chi connectivity index (χ1v) is 9.37. The molecule has 0 fully saturated rings. The predicted molar refractivity (Wildman–Crippen MR) is 108 cm³/mol. The van der Waals surface area contributed by atoms with Gasteiger partial charge in [0.25, 0.3) is 0 Å². The Morgan fingerprint density at radius 2 is 2.00 bits per heavy atom. The van der Waals surface area contributed by atoms with Crippen molar-refractivity contribution in [2.75, 3.05) is 26.1 Å². The first-order chi connectivity index (χ1) is 13.0. The highest BCUT2D eigenvalue weighted by molar-refractivity contribution is 6.30. The summed E-state index contributed by atoms with van der Waals surface area (Å²) in [6, 6.07) is 12.1. The Hall–Kier alpha value is -2.24. The van der Waals surface area contributed by atoms with Crippen LogP contribution in [0.25, 0.3) is 0 Å². The van der Waals surface area contributed by atoms with Gasteiger partial charge in [0.15, 0.2) is 0 Å². The number of esters is 1. The minimum Gasteiger partial charge on any atom is -0.496 e. The molecule has 3 rings (SSSR count). The second kappa shape index (κ2) is 8.63. The van der Waals surface area contributed by atoms with Gasteiger partial charge in [-0.2, -0.15) is 0 Å². The van der Waals surface area contributed by atoms with Gasteiger partial charge >= 0.3 is 5.97 Å². The number of aryl methyl sites for hydroxylation is 1. The number of hydrogen-bond acceptors (Lipinski definition) is 5. The van der Waals surface area contributed by atoms with Gasteiger partial charge < -0.3 is 20.1 Å². The molecular weight excluding hydrogens is 364 g/mol. The second-order valence-corrected chi connectivity index (χ2v) is 7.22. The lowest BCUT2D eigenvalue weighted by Crippen LogP contribution is -2.51. The summed E-state index contributed by atoms with van der Waals surface area (Å²) in [6.07, 6.45) is 1.57. The van der Waals surface area contributed by atoms with Gasteiger partial charge in [0, 0.05) is 22.8 Å². The number of carbonyl (C=O) groups is 1. The van der Waals surface area contributed by atoms with Crippen LogP contribution in [-0.4, -0.2) is 38.8 Å². The molecule has 5 nitrogen and oxygen atoms in total. The molecule has 6 heteroatoms. The van der Waals surface area contributed by atoms with Crippen LogP contribution < -0.4 is 15.4 Å². The summed E-state index contributed by atoms with van der Waals surface area (Å²) < 4.78 is 10.3. The maximum absolute atomic E-state index is 11.6. The third-order valence-electron chi connectivity index (χ3n) is 5.08. The molecule has 2 N–H and O–H groups in total. The van der Waals surface area contributed by atoms with E-state index in [2.05, 4.69) is 16.7 Å². The van der Waals surface area contributed by atoms with Crippen molar-refractivity contribution in [3.05, 3.63) is 58.1 Å². The number of nitrogens with one attached hydrogen (secondary N) is 2. The van der Waals surface area contributed by atoms with Gasteiger partial charge in [-0.15, -0.1) is 0 Å². The van der Waals surface area contributed by atoms with E-state index in [4.69, 9.17) is 21.1 Å². The average molecular weight is 389 g/mol. The standard InChI is InChI=1S/C21H25ClN2O3/c1-13-7-8-15(22)10-17(13)24-19-11-16-14(5-4-6-20(16)26-2)9-18(19)23-12-21(25)27-3/h4-8,10,18-19,23-24H,9,11-12H2,1-3H3/t18-,19-/m0/s1. The van der Waals surface area contributed by atoms with E-state index in [0.29, 0.717) is 5.02 Å². The molecule has 0 saturated carbocycles. The molecule has 0 bridgehead atoms. The molecule has 1 aliphatic carbocycles. The molecule has 0 aromatic heterocycles. The number of halogens is 1. The summed E-state index contributed by atoms with van der Waals surface area (Å²) in [5.41, 5.74) is 4.55. The number of anilines is 1. The number of carbonyl (C=O) groups excluding carboxylic acids is 1. The van der Waals surface area contributed by atoms with Gasteiger partial charge in [0.1, 0.15) is 5.75 Å². The molecule has 0 spiro atoms. The molecule has 0 amide bonds. The number of fused-ring (bicyclic) bond motifs is 1. The largest absolute Gasteiger partial charge is 0.496 e. The lowest BCUT2D eigenvalue weighted by atomic mass is 9.83. The molecule has 0 aliphatic heterocycles. The van der Waals surface area contributed by atoms with Gasteiger partial charge in [-0.05, 0) is 54.7 Å². The average Bonchev–Trinajstić information content (AvgIpc) is 2.68. The summed E-state index contributed by atoms with van der Waals surface area (Å²) in [4.78, 5) is 11.6. The van der Waals surface area contributed by atoms with Gasteiger partial charge in [0.2, 0.25) is 0 Å². The number of methoxy groups -OCH3 is 2. The van der Waals surface area contributed by atoms with E-state index in [1.165, 1.54) is 18.2 Å². The summed E-state index contributed by atoms with van der Waals surface area (Å²) in [6.45, 7) is 2.22. The zero-order valence-electron chi connectivity index (χ0n) is 15.8. The van der Waals surface area contributed by atoms with Gasteiger partial charge in [0.05, 0.1) is 20.8 Å². The van der Waals surface area contributed by atoms with Crippen LogP contribution in [0.4, 0.5) is 5.69 Å². The molecule has 2 aromatic rings. The number of benzene rings is 2. The normalized spacial score (nSPS) is 18.5. The number of hydrogen-bond donors (Lipinski definition) is 2. The Morgan fingerprint density at radius 3 is 2.74 bits per heavy atom. The fourth-order valence-corrected chi connectivity index (χ4v) is 3.74. The SMILES string of the molecule is COC(=O)CN[C@H]1Cc2cccc(OC)c2C[C@@H]1Nc1cc(Cl)ccc1C. The van der Waals surface area contributed by atoms with Crippen LogP contribution in [0.5, 0.6) is 5.75 Å². The molecule has 144 valence electrons. The van der Waals surface area contributed by atoms with E-state index >= 15 is 0 Å². The monoisotopic (exact) mass is 388 g/mol. The van der Waals surface area contributed by atoms with Gasteiger partial charge in [-0.1, -0.05) is 29.8 Å². The summed E-state index contributed by atoms with van der Waals surface area (Å²) >= 11 is 6.18. The Labute approximate surface area is 165 Å². The van der Waals surface area contributed by atoms with Crippen LogP contribution in [0, 0.1) is 6.92 Å². The van der Waals surface area contributed by atoms with Crippen LogP contribution in [0.15, 0.2) is 36.4 Å². The Bertz CT molecular complexity index is 825. The molecule has 27 heavy (non-hydrogen) atoms. The number of rotatable bonds is 6. The van der Waals surface area contributed by atoms with Gasteiger partial charge in [-0.25, -0.2) is 0 Å². The smallest absolute Gasteiger partial charge is 0.319 e. The first kappa shape index (κ1) is 19.5. The lowest BCUT2D eigenvalue weighted by Gasteiger charge is -2.36. The van der Waals surface area contributed by atoms with Crippen molar-refractivity contribution < 1.29 is 14.3 Å². The summed E-state index contributed by atoms with van der Waals surface area (Å²) in [7, 11) is 3.09. The summed E-state index contributed by atoms with van der Waals surface area (Å²) in [5, 5.41) is 7.65. The highest BCUT2D eigenvalue weighted by Gasteiger charge is 2.30. The van der Waals surface area contributed by atoms with Crippen LogP contribution in [0.2, 0.25) is 5.02 Å². The molecule has 2 atom stereocenters. The van der Waals surface area contributed by atoms with Crippen molar-refractivity contribution in [2.24, 2.45) is 0 Å². The van der Waals surface area contributed by atoms with Crippen LogP contribution in [0.1, 0.15) is 16.7 Å². The molecule has 0 radical (unpaired) electrons. The van der Waals surface area contributed by atoms with Crippen molar-refractivity contribution >= 4 is 23.3 Å². The Morgan fingerprint density at radius 1 is 1.19 bits per heavy atom. The van der Waals surface area contributed by atoms with Crippen molar-refractivity contribution in [1.29, 1.82) is 0 Å². The topological polar surface area (TPSA) is 59.6 Å². The fraction of sp³-hybridized carbons (Fsp3) is 0.381. The molecule has 0 heterocycles. The molecular formula is C21H25ClN2O3. The van der Waals surface area contributed by atoms with E-state index in [9.17, 15) is 4.79 Å². The third kappa shape index (κ3) is 4.54. The lowest BCUT2D eigenvalue weighted by molar-refractivity contribution is -0.139. The van der Waals surface area contributed by atoms with Crippen LogP contribution in [0.3, 0.4) is 0 Å². The third-order valence-corrected chi connectivity index (χ3v) is 5.31. The maximum Gasteiger partial charge on any atom is 0.319 e. The van der Waals surface area contributed by atoms with E-state index in [1.54, 1.807) is 7.11 Å². The van der Waals surface area contributed by atoms with Crippen molar-refractivity contribution in [3.8, 4) is 5.75 Å². The highest BCUT2D eigenvalue weighted by atomic mass is 35.5. The zero-order valence-corrected chi connectivity index (χ0v) is 16.6. The van der Waals surface area contributed by atoms with E-state index in [1.807, 2.05) is 37.3 Å². The highest BCUT2D eigenvalue weighted by Crippen LogP contribution is 2.32. The van der Waals surface area contributed by atoms with E-state index < -0.39 is 0 Å². The minimum atomic E-state index is -0.274. The Kier molecular flexibility index (Phi) is 6.24. The molecule has 0 unspecified atom stereocenters. The van der Waals surface area contributed by atoms with E-state index in [0.717, 1.165) is 29.8 Å². The number of ether oxygens (including phenoxy) is 2. The van der Waals surface area contributed by atoms with Crippen LogP contribution in [-0.2, 0) is 22.4 Å². The van der Waals surface area contributed by atoms with Crippen molar-refractivity contribution in [2.45, 2.75) is 31.8 Å². The zero-order chi connectivity index (χ0) is 19.4. The fourth-order valence-electron chi connectivity index (χ4n) is 3.57. The second-order valence-electron chi connectivity index (χ2n) is 6.78. The maximum atomic E-state index is 11.6.